The first-order chi connectivity index (χ1) is 8.79. The molecule has 5 nitrogen and oxygen atoms in total. The molecule has 1 aromatic heterocycles. The van der Waals surface area contributed by atoms with E-state index in [1.165, 1.54) is 22.8 Å². The predicted molar refractivity (Wildman–Crippen MR) is 73.2 cm³/mol. The fraction of sp³-hybridized carbons (Fsp3) is 0.154. The van der Waals surface area contributed by atoms with Gasteiger partial charge in [-0.3, -0.25) is 4.79 Å². The van der Waals surface area contributed by atoms with E-state index in [1.54, 1.807) is 25.4 Å². The summed E-state index contributed by atoms with van der Waals surface area (Å²) in [7, 11) is -2.09. The average molecular weight is 278 g/mol. The van der Waals surface area contributed by atoms with Crippen LogP contribution in [0.2, 0.25) is 0 Å². The molecule has 19 heavy (non-hydrogen) atoms. The van der Waals surface area contributed by atoms with Crippen molar-refractivity contribution in [1.82, 2.24) is 4.57 Å². The molecule has 0 saturated heterocycles. The van der Waals surface area contributed by atoms with E-state index in [-0.39, 0.29) is 10.5 Å². The lowest BCUT2D eigenvalue weighted by Crippen LogP contribution is -2.14. The van der Waals surface area contributed by atoms with Gasteiger partial charge in [0.15, 0.2) is 0 Å². The van der Waals surface area contributed by atoms with Crippen LogP contribution in [0.5, 0.6) is 0 Å². The minimum Gasteiger partial charge on any atom is -0.318 e. The summed E-state index contributed by atoms with van der Waals surface area (Å²) >= 11 is 0. The quantitative estimate of drug-likeness (QED) is 0.890. The van der Waals surface area contributed by atoms with Gasteiger partial charge >= 0.3 is 0 Å². The van der Waals surface area contributed by atoms with Gasteiger partial charge in [-0.2, -0.15) is 0 Å². The van der Waals surface area contributed by atoms with Crippen molar-refractivity contribution in [3.05, 3.63) is 52.4 Å². The maximum atomic E-state index is 11.4. The van der Waals surface area contributed by atoms with Crippen LogP contribution in [0.1, 0.15) is 5.56 Å². The van der Waals surface area contributed by atoms with Gasteiger partial charge in [0.2, 0.25) is 15.6 Å². The van der Waals surface area contributed by atoms with E-state index < -0.39 is 10.0 Å². The third-order valence-corrected chi connectivity index (χ3v) is 3.85. The minimum absolute atomic E-state index is 0.0574. The molecule has 0 atom stereocenters. The van der Waals surface area contributed by atoms with Gasteiger partial charge in [0.05, 0.1) is 4.90 Å². The second-order valence-electron chi connectivity index (χ2n) is 4.39. The van der Waals surface area contributed by atoms with Crippen LogP contribution in [0.25, 0.3) is 11.1 Å². The number of primary sulfonamides is 1. The van der Waals surface area contributed by atoms with Gasteiger partial charge in [0.1, 0.15) is 0 Å². The molecule has 0 aliphatic carbocycles. The van der Waals surface area contributed by atoms with Crippen molar-refractivity contribution in [2.45, 2.75) is 11.8 Å². The Hall–Kier alpha value is -1.92. The molecule has 0 unspecified atom stereocenters. The molecule has 0 bridgehead atoms. The minimum atomic E-state index is -3.74. The van der Waals surface area contributed by atoms with E-state index in [2.05, 4.69) is 0 Å². The predicted octanol–water partition coefficient (Wildman–Crippen LogP) is 1.01. The van der Waals surface area contributed by atoms with E-state index in [0.29, 0.717) is 0 Å². The molecule has 1 aromatic carbocycles. The molecular weight excluding hydrogens is 264 g/mol. The maximum absolute atomic E-state index is 11.4. The van der Waals surface area contributed by atoms with Gasteiger partial charge in [0.25, 0.3) is 0 Å². The number of hydrogen-bond donors (Lipinski definition) is 1. The highest BCUT2D eigenvalue weighted by Gasteiger charge is 2.11. The SMILES string of the molecule is Cc1ccc(S(N)(=O)=O)cc1-c1ccc(=O)n(C)c1. The largest absolute Gasteiger partial charge is 0.318 e. The number of nitrogens with zero attached hydrogens (tertiary/aromatic N) is 1. The van der Waals surface area contributed by atoms with Crippen LogP contribution in [0.4, 0.5) is 0 Å². The van der Waals surface area contributed by atoms with Crippen molar-refractivity contribution < 1.29 is 8.42 Å². The Labute approximate surface area is 111 Å². The summed E-state index contributed by atoms with van der Waals surface area (Å²) in [5.74, 6) is 0. The zero-order chi connectivity index (χ0) is 14.2. The number of aromatic nitrogens is 1. The molecule has 0 amide bonds. The van der Waals surface area contributed by atoms with Crippen LogP contribution in [-0.4, -0.2) is 13.0 Å². The van der Waals surface area contributed by atoms with Gasteiger partial charge in [-0.15, -0.1) is 0 Å². The molecule has 100 valence electrons. The van der Waals surface area contributed by atoms with Gasteiger partial charge in [-0.05, 0) is 41.8 Å². The van der Waals surface area contributed by atoms with Gasteiger partial charge < -0.3 is 4.57 Å². The summed E-state index contributed by atoms with van der Waals surface area (Å²) in [5.41, 5.74) is 2.29. The molecule has 1 heterocycles. The second-order valence-corrected chi connectivity index (χ2v) is 5.95. The average Bonchev–Trinajstić information content (AvgIpc) is 2.32. The highest BCUT2D eigenvalue weighted by molar-refractivity contribution is 7.89. The molecule has 2 N–H and O–H groups in total. The van der Waals surface area contributed by atoms with Crippen LogP contribution in [-0.2, 0) is 17.1 Å². The maximum Gasteiger partial charge on any atom is 0.250 e. The first kappa shape index (κ1) is 13.5. The van der Waals surface area contributed by atoms with E-state index in [4.69, 9.17) is 5.14 Å². The van der Waals surface area contributed by atoms with Gasteiger partial charge in [0, 0.05) is 19.3 Å². The highest BCUT2D eigenvalue weighted by Crippen LogP contribution is 2.25. The van der Waals surface area contributed by atoms with Crippen LogP contribution >= 0.6 is 0 Å². The smallest absolute Gasteiger partial charge is 0.250 e. The number of pyridine rings is 1. The molecule has 0 saturated carbocycles. The van der Waals surface area contributed by atoms with E-state index in [0.717, 1.165) is 16.7 Å². The lowest BCUT2D eigenvalue weighted by atomic mass is 10.0. The lowest BCUT2D eigenvalue weighted by molar-refractivity contribution is 0.598. The standard InChI is InChI=1S/C13H14N2O3S/c1-9-3-5-11(19(14,17)18)7-12(9)10-4-6-13(16)15(2)8-10/h3-8H,1-2H3,(H2,14,17,18). The highest BCUT2D eigenvalue weighted by atomic mass is 32.2. The fourth-order valence-corrected chi connectivity index (χ4v) is 2.38. The summed E-state index contributed by atoms with van der Waals surface area (Å²) < 4.78 is 24.2. The third-order valence-electron chi connectivity index (χ3n) is 2.93. The zero-order valence-electron chi connectivity index (χ0n) is 10.6. The Bertz CT molecular complexity index is 792. The first-order valence-corrected chi connectivity index (χ1v) is 7.14. The zero-order valence-corrected chi connectivity index (χ0v) is 11.4. The Morgan fingerprint density at radius 2 is 1.84 bits per heavy atom. The van der Waals surface area contributed by atoms with Crippen LogP contribution in [0.3, 0.4) is 0 Å². The van der Waals surface area contributed by atoms with E-state index >= 15 is 0 Å². The van der Waals surface area contributed by atoms with Gasteiger partial charge in [-0.1, -0.05) is 6.07 Å². The van der Waals surface area contributed by atoms with E-state index in [1.807, 2.05) is 6.92 Å². The molecule has 0 radical (unpaired) electrons. The molecular formula is C13H14N2O3S. The Balaban J connectivity index is 2.67. The normalized spacial score (nSPS) is 11.5. The summed E-state index contributed by atoms with van der Waals surface area (Å²) in [6, 6.07) is 7.79. The van der Waals surface area contributed by atoms with Crippen molar-refractivity contribution in [3.8, 4) is 11.1 Å². The van der Waals surface area contributed by atoms with Crippen LogP contribution < -0.4 is 10.7 Å². The summed E-state index contributed by atoms with van der Waals surface area (Å²) in [6.45, 7) is 1.87. The summed E-state index contributed by atoms with van der Waals surface area (Å²) in [5, 5.41) is 5.12. The molecule has 0 fully saturated rings. The van der Waals surface area contributed by atoms with Crippen LogP contribution in [0.15, 0.2) is 46.2 Å². The Morgan fingerprint density at radius 1 is 1.16 bits per heavy atom. The monoisotopic (exact) mass is 278 g/mol. The lowest BCUT2D eigenvalue weighted by Gasteiger charge is -2.09. The number of nitrogens with two attached hydrogens (primary N) is 1. The third kappa shape index (κ3) is 2.74. The molecule has 2 rings (SSSR count). The second kappa shape index (κ2) is 4.64. The Kier molecular flexibility index (Phi) is 3.30. The number of hydrogen-bond acceptors (Lipinski definition) is 3. The molecule has 0 aliphatic rings. The number of rotatable bonds is 2. The summed E-state index contributed by atoms with van der Waals surface area (Å²) in [6.07, 6.45) is 1.66. The summed E-state index contributed by atoms with van der Waals surface area (Å²) in [4.78, 5) is 11.4. The van der Waals surface area contributed by atoms with Crippen molar-refractivity contribution in [2.75, 3.05) is 0 Å². The van der Waals surface area contributed by atoms with Crippen molar-refractivity contribution >= 4 is 10.0 Å². The fourth-order valence-electron chi connectivity index (χ4n) is 1.84. The number of sulfonamides is 1. The van der Waals surface area contributed by atoms with Crippen molar-refractivity contribution in [2.24, 2.45) is 12.2 Å². The van der Waals surface area contributed by atoms with Crippen LogP contribution in [0, 0.1) is 6.92 Å². The topological polar surface area (TPSA) is 82.2 Å². The molecule has 0 aliphatic heterocycles. The number of benzene rings is 1. The molecule has 2 aromatic rings. The van der Waals surface area contributed by atoms with Crippen molar-refractivity contribution in [1.29, 1.82) is 0 Å². The van der Waals surface area contributed by atoms with Crippen molar-refractivity contribution in [3.63, 3.8) is 0 Å². The number of aryl methyl sites for hydroxylation is 2. The molecule has 6 heteroatoms. The first-order valence-electron chi connectivity index (χ1n) is 5.59. The molecule has 0 spiro atoms. The van der Waals surface area contributed by atoms with E-state index in [9.17, 15) is 13.2 Å². The Morgan fingerprint density at radius 3 is 2.42 bits per heavy atom. The van der Waals surface area contributed by atoms with Gasteiger partial charge in [-0.25, -0.2) is 13.6 Å².